The average Bonchev–Trinajstić information content (AvgIpc) is 3.02. The topological polar surface area (TPSA) is 56.1 Å². The molecule has 5 nitrogen and oxygen atoms in total. The first kappa shape index (κ1) is 15.3. The Balaban J connectivity index is 2.16. The second-order valence-corrected chi connectivity index (χ2v) is 4.84. The minimum Gasteiger partial charge on any atom is -0.469 e. The summed E-state index contributed by atoms with van der Waals surface area (Å²) in [4.78, 5) is 11.5. The maximum absolute atomic E-state index is 11.5. The standard InChI is InChI=1S/C16H21N3O2/c1-3-9-17-15(10-16(20)21-2)13-11-18-19(12-13)14-7-5-4-6-8-14/h4-8,11-12,15,17H,3,9-10H2,1-2H3. The highest BCUT2D eigenvalue weighted by molar-refractivity contribution is 5.70. The van der Waals surface area contributed by atoms with Crippen molar-refractivity contribution < 1.29 is 9.53 Å². The van der Waals surface area contributed by atoms with E-state index in [2.05, 4.69) is 17.3 Å². The Bertz CT molecular complexity index is 566. The van der Waals surface area contributed by atoms with Gasteiger partial charge in [-0.3, -0.25) is 4.79 Å². The van der Waals surface area contributed by atoms with Crippen LogP contribution in [0.5, 0.6) is 0 Å². The minimum absolute atomic E-state index is 0.0742. The second kappa shape index (κ2) is 7.59. The molecule has 0 spiro atoms. The molecule has 5 heteroatoms. The zero-order valence-electron chi connectivity index (χ0n) is 12.5. The molecule has 112 valence electrons. The number of carbonyl (C=O) groups is 1. The molecule has 2 rings (SSSR count). The first-order chi connectivity index (χ1) is 10.2. The van der Waals surface area contributed by atoms with Crippen molar-refractivity contribution in [2.24, 2.45) is 0 Å². The van der Waals surface area contributed by atoms with Gasteiger partial charge in [0.05, 0.1) is 25.4 Å². The average molecular weight is 287 g/mol. The van der Waals surface area contributed by atoms with Crippen molar-refractivity contribution in [2.45, 2.75) is 25.8 Å². The lowest BCUT2D eigenvalue weighted by molar-refractivity contribution is -0.141. The van der Waals surface area contributed by atoms with Crippen LogP contribution in [0.15, 0.2) is 42.7 Å². The SMILES string of the molecule is CCCNC(CC(=O)OC)c1cnn(-c2ccccc2)c1. The number of esters is 1. The van der Waals surface area contributed by atoms with Crippen LogP contribution in [0.3, 0.4) is 0 Å². The van der Waals surface area contributed by atoms with E-state index in [1.54, 1.807) is 6.20 Å². The molecule has 0 bridgehead atoms. The summed E-state index contributed by atoms with van der Waals surface area (Å²) in [6.45, 7) is 2.94. The number of hydrogen-bond acceptors (Lipinski definition) is 4. The van der Waals surface area contributed by atoms with E-state index >= 15 is 0 Å². The number of benzene rings is 1. The normalized spacial score (nSPS) is 12.1. The van der Waals surface area contributed by atoms with Gasteiger partial charge in [0.25, 0.3) is 0 Å². The number of methoxy groups -OCH3 is 1. The van der Waals surface area contributed by atoms with Gasteiger partial charge in [0, 0.05) is 17.8 Å². The maximum Gasteiger partial charge on any atom is 0.307 e. The monoisotopic (exact) mass is 287 g/mol. The molecule has 21 heavy (non-hydrogen) atoms. The van der Waals surface area contributed by atoms with E-state index in [1.807, 2.05) is 41.2 Å². The molecule has 1 heterocycles. The van der Waals surface area contributed by atoms with Crippen LogP contribution in [0.1, 0.15) is 31.4 Å². The predicted octanol–water partition coefficient (Wildman–Crippen LogP) is 2.48. The quantitative estimate of drug-likeness (QED) is 0.795. The lowest BCUT2D eigenvalue weighted by Crippen LogP contribution is -2.24. The van der Waals surface area contributed by atoms with Crippen LogP contribution < -0.4 is 5.32 Å². The predicted molar refractivity (Wildman–Crippen MR) is 81.2 cm³/mol. The fourth-order valence-electron chi connectivity index (χ4n) is 2.12. The summed E-state index contributed by atoms with van der Waals surface area (Å²) in [5.41, 5.74) is 1.98. The third kappa shape index (κ3) is 4.16. The van der Waals surface area contributed by atoms with Crippen molar-refractivity contribution in [3.63, 3.8) is 0 Å². The number of carbonyl (C=O) groups excluding carboxylic acids is 1. The number of rotatable bonds is 7. The van der Waals surface area contributed by atoms with Crippen LogP contribution in [0.25, 0.3) is 5.69 Å². The molecule has 0 saturated heterocycles. The number of nitrogens with zero attached hydrogens (tertiary/aromatic N) is 2. The molecule has 0 aliphatic carbocycles. The van der Waals surface area contributed by atoms with E-state index in [0.29, 0.717) is 6.42 Å². The molecule has 1 atom stereocenters. The van der Waals surface area contributed by atoms with Gasteiger partial charge in [-0.2, -0.15) is 5.10 Å². The van der Waals surface area contributed by atoms with Gasteiger partial charge in [-0.15, -0.1) is 0 Å². The van der Waals surface area contributed by atoms with E-state index < -0.39 is 0 Å². The van der Waals surface area contributed by atoms with Gasteiger partial charge in [-0.25, -0.2) is 4.68 Å². The molecule has 1 N–H and O–H groups in total. The highest BCUT2D eigenvalue weighted by Gasteiger charge is 2.17. The van der Waals surface area contributed by atoms with Gasteiger partial charge in [0.15, 0.2) is 0 Å². The van der Waals surface area contributed by atoms with E-state index in [0.717, 1.165) is 24.2 Å². The smallest absolute Gasteiger partial charge is 0.307 e. The van der Waals surface area contributed by atoms with E-state index in [9.17, 15) is 4.79 Å². The summed E-state index contributed by atoms with van der Waals surface area (Å²) in [7, 11) is 1.41. The number of hydrogen-bond donors (Lipinski definition) is 1. The highest BCUT2D eigenvalue weighted by Crippen LogP contribution is 2.18. The molecule has 0 saturated carbocycles. The lowest BCUT2D eigenvalue weighted by atomic mass is 10.1. The van der Waals surface area contributed by atoms with Crippen molar-refractivity contribution in [1.29, 1.82) is 0 Å². The highest BCUT2D eigenvalue weighted by atomic mass is 16.5. The van der Waals surface area contributed by atoms with Crippen molar-refractivity contribution in [3.05, 3.63) is 48.3 Å². The molecule has 1 aromatic heterocycles. The Morgan fingerprint density at radius 1 is 1.38 bits per heavy atom. The first-order valence-corrected chi connectivity index (χ1v) is 7.14. The zero-order chi connectivity index (χ0) is 15.1. The first-order valence-electron chi connectivity index (χ1n) is 7.14. The Morgan fingerprint density at radius 3 is 2.81 bits per heavy atom. The minimum atomic E-state index is -0.226. The van der Waals surface area contributed by atoms with Crippen LogP contribution in [0, 0.1) is 0 Å². The fourth-order valence-corrected chi connectivity index (χ4v) is 2.12. The molecule has 0 radical (unpaired) electrons. The van der Waals surface area contributed by atoms with Gasteiger partial charge in [-0.1, -0.05) is 25.1 Å². The number of ether oxygens (including phenoxy) is 1. The Hall–Kier alpha value is -2.14. The summed E-state index contributed by atoms with van der Waals surface area (Å²) in [6.07, 6.45) is 5.05. The molecule has 1 unspecified atom stereocenters. The third-order valence-corrected chi connectivity index (χ3v) is 3.26. The van der Waals surface area contributed by atoms with Crippen molar-refractivity contribution in [2.75, 3.05) is 13.7 Å². The van der Waals surface area contributed by atoms with Crippen molar-refractivity contribution in [1.82, 2.24) is 15.1 Å². The summed E-state index contributed by atoms with van der Waals surface area (Å²) in [5.74, 6) is -0.226. The molecule has 2 aromatic rings. The molecule has 1 aromatic carbocycles. The fraction of sp³-hybridized carbons (Fsp3) is 0.375. The maximum atomic E-state index is 11.5. The largest absolute Gasteiger partial charge is 0.469 e. The van der Waals surface area contributed by atoms with Crippen molar-refractivity contribution in [3.8, 4) is 5.69 Å². The van der Waals surface area contributed by atoms with Gasteiger partial charge in [0.2, 0.25) is 0 Å². The van der Waals surface area contributed by atoms with E-state index in [-0.39, 0.29) is 12.0 Å². The van der Waals surface area contributed by atoms with Crippen LogP contribution in [0.4, 0.5) is 0 Å². The zero-order valence-corrected chi connectivity index (χ0v) is 12.5. The Kier molecular flexibility index (Phi) is 5.51. The summed E-state index contributed by atoms with van der Waals surface area (Å²) < 4.78 is 6.58. The Labute approximate surface area is 124 Å². The lowest BCUT2D eigenvalue weighted by Gasteiger charge is -2.15. The van der Waals surface area contributed by atoms with Crippen LogP contribution in [-0.4, -0.2) is 29.4 Å². The van der Waals surface area contributed by atoms with Gasteiger partial charge >= 0.3 is 5.97 Å². The van der Waals surface area contributed by atoms with Crippen LogP contribution >= 0.6 is 0 Å². The number of aromatic nitrogens is 2. The number of nitrogens with one attached hydrogen (secondary N) is 1. The van der Waals surface area contributed by atoms with E-state index in [1.165, 1.54) is 7.11 Å². The van der Waals surface area contributed by atoms with Gasteiger partial charge in [-0.05, 0) is 25.1 Å². The molecule has 0 amide bonds. The van der Waals surface area contributed by atoms with Crippen molar-refractivity contribution >= 4 is 5.97 Å². The molecular formula is C16H21N3O2. The summed E-state index contributed by atoms with van der Waals surface area (Å²) in [6, 6.07) is 9.82. The molecule has 0 aliphatic rings. The van der Waals surface area contributed by atoms with Gasteiger partial charge < -0.3 is 10.1 Å². The molecule has 0 aliphatic heterocycles. The molecular weight excluding hydrogens is 266 g/mol. The second-order valence-electron chi connectivity index (χ2n) is 4.84. The molecule has 0 fully saturated rings. The van der Waals surface area contributed by atoms with Crippen LogP contribution in [0.2, 0.25) is 0 Å². The number of para-hydroxylation sites is 1. The third-order valence-electron chi connectivity index (χ3n) is 3.26. The Morgan fingerprint density at radius 2 is 2.14 bits per heavy atom. The van der Waals surface area contributed by atoms with Gasteiger partial charge in [0.1, 0.15) is 0 Å². The summed E-state index contributed by atoms with van der Waals surface area (Å²) >= 11 is 0. The van der Waals surface area contributed by atoms with E-state index in [4.69, 9.17) is 4.74 Å². The van der Waals surface area contributed by atoms with Crippen LogP contribution in [-0.2, 0) is 9.53 Å². The summed E-state index contributed by atoms with van der Waals surface area (Å²) in [5, 5.41) is 7.73.